The van der Waals surface area contributed by atoms with Crippen molar-refractivity contribution in [3.63, 3.8) is 0 Å². The van der Waals surface area contributed by atoms with Crippen LogP contribution in [0.25, 0.3) is 10.9 Å². The Morgan fingerprint density at radius 1 is 1.03 bits per heavy atom. The van der Waals surface area contributed by atoms with Crippen molar-refractivity contribution < 1.29 is 14.3 Å². The highest BCUT2D eigenvalue weighted by Gasteiger charge is 2.32. The molecule has 2 heterocycles. The van der Waals surface area contributed by atoms with Crippen LogP contribution in [0.2, 0.25) is 0 Å². The number of carbonyl (C=O) groups is 2. The Balaban J connectivity index is 1.36. The largest absolute Gasteiger partial charge is 0.496 e. The molecule has 2 fully saturated rings. The molecule has 1 aliphatic carbocycles. The number of hydrogen-bond acceptors (Lipinski definition) is 5. The minimum Gasteiger partial charge on any atom is -0.496 e. The van der Waals surface area contributed by atoms with Crippen LogP contribution in [0.1, 0.15) is 39.5 Å². The van der Waals surface area contributed by atoms with E-state index in [1.165, 1.54) is 11.7 Å². The molecule has 0 atom stereocenters. The third kappa shape index (κ3) is 4.74. The van der Waals surface area contributed by atoms with Gasteiger partial charge in [0.25, 0.3) is 5.56 Å². The second-order valence-electron chi connectivity index (χ2n) is 9.75. The molecule has 1 aromatic heterocycles. The zero-order valence-corrected chi connectivity index (χ0v) is 20.2. The molecule has 0 bridgehead atoms. The number of benzene rings is 1. The first kappa shape index (κ1) is 24.0. The number of aromatic nitrogens is 2. The molecule has 1 saturated heterocycles. The summed E-state index contributed by atoms with van der Waals surface area (Å²) < 4.78 is 6.59. The Morgan fingerprint density at radius 3 is 2.29 bits per heavy atom. The second-order valence-corrected chi connectivity index (χ2v) is 9.75. The quantitative estimate of drug-likeness (QED) is 0.718. The van der Waals surface area contributed by atoms with Gasteiger partial charge >= 0.3 is 5.69 Å². The molecule has 4 rings (SSSR count). The van der Waals surface area contributed by atoms with Crippen molar-refractivity contribution in [2.75, 3.05) is 33.3 Å². The molecular weight excluding hydrogens is 436 g/mol. The zero-order chi connectivity index (χ0) is 24.4. The van der Waals surface area contributed by atoms with Gasteiger partial charge in [-0.2, -0.15) is 0 Å². The van der Waals surface area contributed by atoms with Crippen LogP contribution in [0.15, 0.2) is 27.8 Å². The van der Waals surface area contributed by atoms with E-state index < -0.39 is 5.69 Å². The molecule has 2 aromatic rings. The maximum Gasteiger partial charge on any atom is 0.328 e. The highest BCUT2D eigenvalue weighted by atomic mass is 16.5. The number of ether oxygens (including phenoxy) is 1. The van der Waals surface area contributed by atoms with Gasteiger partial charge in [0.2, 0.25) is 11.8 Å². The number of aromatic amines is 1. The highest BCUT2D eigenvalue weighted by molar-refractivity contribution is 5.84. The number of hydrogen-bond donors (Lipinski definition) is 1. The fourth-order valence-electron chi connectivity index (χ4n) is 5.22. The summed E-state index contributed by atoms with van der Waals surface area (Å²) in [6.45, 7) is 6.48. The summed E-state index contributed by atoms with van der Waals surface area (Å²) in [6.07, 6.45) is 3.08. The number of carbonyl (C=O) groups excluding carboxylic acids is 2. The van der Waals surface area contributed by atoms with Crippen LogP contribution in [0.4, 0.5) is 0 Å². The molecule has 1 aromatic carbocycles. The Kier molecular flexibility index (Phi) is 7.09. The van der Waals surface area contributed by atoms with Crippen molar-refractivity contribution >= 4 is 22.7 Å². The summed E-state index contributed by atoms with van der Waals surface area (Å²) in [6, 6.07) is 5.14. The molecule has 1 N–H and O–H groups in total. The second kappa shape index (κ2) is 10.0. The van der Waals surface area contributed by atoms with E-state index in [0.29, 0.717) is 49.4 Å². The average Bonchev–Trinajstić information content (AvgIpc) is 2.85. The summed E-state index contributed by atoms with van der Waals surface area (Å²) in [5.41, 5.74) is -0.295. The number of fused-ring (bicyclic) bond motifs is 1. The lowest BCUT2D eigenvalue weighted by Crippen LogP contribution is -2.53. The first-order valence-corrected chi connectivity index (χ1v) is 12.2. The molecule has 184 valence electrons. The van der Waals surface area contributed by atoms with Crippen LogP contribution < -0.4 is 16.0 Å². The summed E-state index contributed by atoms with van der Waals surface area (Å²) in [5, 5.41) is 0.378. The number of nitrogens with zero attached hydrogens (tertiary/aromatic N) is 3. The van der Waals surface area contributed by atoms with E-state index in [2.05, 4.69) is 4.98 Å². The van der Waals surface area contributed by atoms with E-state index in [9.17, 15) is 19.2 Å². The normalized spacial score (nSPS) is 21.2. The van der Waals surface area contributed by atoms with Gasteiger partial charge in [0.1, 0.15) is 11.1 Å². The number of piperazine rings is 1. The first-order valence-electron chi connectivity index (χ1n) is 12.2. The third-order valence-corrected chi connectivity index (χ3v) is 7.23. The molecule has 9 heteroatoms. The Morgan fingerprint density at radius 2 is 1.68 bits per heavy atom. The van der Waals surface area contributed by atoms with Gasteiger partial charge in [-0.1, -0.05) is 19.9 Å². The average molecular weight is 471 g/mol. The van der Waals surface area contributed by atoms with E-state index >= 15 is 0 Å². The van der Waals surface area contributed by atoms with Crippen molar-refractivity contribution in [3.05, 3.63) is 39.0 Å². The van der Waals surface area contributed by atoms with Crippen LogP contribution in [0.5, 0.6) is 5.75 Å². The number of amides is 2. The Bertz CT molecular complexity index is 1170. The van der Waals surface area contributed by atoms with Crippen LogP contribution >= 0.6 is 0 Å². The van der Waals surface area contributed by atoms with Crippen molar-refractivity contribution in [1.29, 1.82) is 0 Å². The molecule has 2 aliphatic rings. The van der Waals surface area contributed by atoms with Gasteiger partial charge < -0.3 is 19.5 Å². The summed E-state index contributed by atoms with van der Waals surface area (Å²) in [5.74, 6) is 0.855. The lowest BCUT2D eigenvalue weighted by molar-refractivity contribution is -0.144. The highest BCUT2D eigenvalue weighted by Crippen LogP contribution is 2.31. The maximum atomic E-state index is 13.1. The van der Waals surface area contributed by atoms with Gasteiger partial charge in [-0.15, -0.1) is 0 Å². The van der Waals surface area contributed by atoms with Gasteiger partial charge in [-0.25, -0.2) is 4.79 Å². The molecule has 2 amide bonds. The van der Waals surface area contributed by atoms with E-state index in [0.717, 1.165) is 25.7 Å². The lowest BCUT2D eigenvalue weighted by Gasteiger charge is -2.38. The predicted octanol–water partition coefficient (Wildman–Crippen LogP) is 1.83. The molecule has 0 unspecified atom stereocenters. The minimum atomic E-state index is -0.419. The topological polar surface area (TPSA) is 105 Å². The predicted molar refractivity (Wildman–Crippen MR) is 129 cm³/mol. The maximum absolute atomic E-state index is 13.1. The third-order valence-electron chi connectivity index (χ3n) is 7.23. The molecule has 0 radical (unpaired) electrons. The van der Waals surface area contributed by atoms with Crippen molar-refractivity contribution in [2.24, 2.45) is 17.8 Å². The summed E-state index contributed by atoms with van der Waals surface area (Å²) >= 11 is 0. The zero-order valence-electron chi connectivity index (χ0n) is 20.2. The number of H-pyrrole nitrogens is 1. The SMILES string of the molecule is COc1cccc2[nH]c(=O)n(CC3CCC(C(=O)N4CCN(C(=O)C(C)C)CC4)CC3)c(=O)c12. The van der Waals surface area contributed by atoms with E-state index in [1.807, 2.05) is 23.6 Å². The van der Waals surface area contributed by atoms with Gasteiger partial charge in [-0.05, 0) is 43.7 Å². The van der Waals surface area contributed by atoms with Crippen molar-refractivity contribution in [3.8, 4) is 5.75 Å². The summed E-state index contributed by atoms with van der Waals surface area (Å²) in [4.78, 5) is 57.4. The molecule has 1 saturated carbocycles. The number of rotatable bonds is 5. The van der Waals surface area contributed by atoms with Gasteiger partial charge in [0, 0.05) is 44.6 Å². The van der Waals surface area contributed by atoms with E-state index in [4.69, 9.17) is 4.74 Å². The van der Waals surface area contributed by atoms with E-state index in [-0.39, 0.29) is 35.1 Å². The standard InChI is InChI=1S/C25H34N4O5/c1-16(2)22(30)27-11-13-28(14-12-27)23(31)18-9-7-17(8-10-18)15-29-24(32)21-19(26-25(29)33)5-4-6-20(21)34-3/h4-6,16-18H,7-15H2,1-3H3,(H,26,33). The smallest absolute Gasteiger partial charge is 0.328 e. The van der Waals surface area contributed by atoms with Crippen LogP contribution in [-0.2, 0) is 16.1 Å². The minimum absolute atomic E-state index is 0.0269. The molecule has 34 heavy (non-hydrogen) atoms. The van der Waals surface area contributed by atoms with Crippen molar-refractivity contribution in [1.82, 2.24) is 19.4 Å². The van der Waals surface area contributed by atoms with Gasteiger partial charge in [0.05, 0.1) is 12.6 Å². The van der Waals surface area contributed by atoms with Crippen LogP contribution in [0, 0.1) is 17.8 Å². The lowest BCUT2D eigenvalue weighted by atomic mass is 9.81. The monoisotopic (exact) mass is 470 g/mol. The Hall–Kier alpha value is -3.10. The number of nitrogens with one attached hydrogen (secondary N) is 1. The van der Waals surface area contributed by atoms with Crippen molar-refractivity contribution in [2.45, 2.75) is 46.1 Å². The Labute approximate surface area is 198 Å². The molecule has 9 nitrogen and oxygen atoms in total. The summed E-state index contributed by atoms with van der Waals surface area (Å²) in [7, 11) is 1.50. The molecule has 0 spiro atoms. The van der Waals surface area contributed by atoms with Gasteiger partial charge in [0.15, 0.2) is 0 Å². The first-order chi connectivity index (χ1) is 16.3. The molecular formula is C25H34N4O5. The number of methoxy groups -OCH3 is 1. The van der Waals surface area contributed by atoms with Crippen LogP contribution in [0.3, 0.4) is 0 Å². The van der Waals surface area contributed by atoms with Gasteiger partial charge in [-0.3, -0.25) is 19.0 Å². The fraction of sp³-hybridized carbons (Fsp3) is 0.600. The molecule has 1 aliphatic heterocycles. The van der Waals surface area contributed by atoms with E-state index in [1.54, 1.807) is 18.2 Å². The fourth-order valence-corrected chi connectivity index (χ4v) is 5.22. The van der Waals surface area contributed by atoms with Crippen LogP contribution in [-0.4, -0.2) is 64.5 Å².